The molecule has 4 heteroatoms. The zero-order chi connectivity index (χ0) is 13.1. The van der Waals surface area contributed by atoms with Crippen LogP contribution in [-0.4, -0.2) is 31.7 Å². The first-order chi connectivity index (χ1) is 8.11. The lowest BCUT2D eigenvalue weighted by molar-refractivity contribution is -0.124. The van der Waals surface area contributed by atoms with E-state index in [1.165, 1.54) is 0 Å². The largest absolute Gasteiger partial charge is 0.379 e. The fraction of sp³-hybridized carbons (Fsp3) is 0.923. The van der Waals surface area contributed by atoms with Gasteiger partial charge >= 0.3 is 0 Å². The maximum Gasteiger partial charge on any atom is 0.224 e. The van der Waals surface area contributed by atoms with Gasteiger partial charge in [-0.2, -0.15) is 0 Å². The van der Waals surface area contributed by atoms with Crippen LogP contribution < -0.4 is 11.1 Å². The number of hydrogen-bond acceptors (Lipinski definition) is 3. The number of nitrogens with two attached hydrogens (primary N) is 1. The molecule has 0 heterocycles. The predicted octanol–water partition coefficient (Wildman–Crippen LogP) is 1.68. The van der Waals surface area contributed by atoms with Gasteiger partial charge in [-0.1, -0.05) is 13.3 Å². The molecule has 0 aliphatic rings. The summed E-state index contributed by atoms with van der Waals surface area (Å²) in [6.45, 7) is 8.05. The van der Waals surface area contributed by atoms with Gasteiger partial charge in [-0.25, -0.2) is 0 Å². The number of rotatable bonds is 10. The lowest BCUT2D eigenvalue weighted by atomic mass is 10.0. The normalized spacial score (nSPS) is 12.8. The third-order valence-electron chi connectivity index (χ3n) is 2.61. The third-order valence-corrected chi connectivity index (χ3v) is 2.61. The second-order valence-electron chi connectivity index (χ2n) is 4.64. The lowest BCUT2D eigenvalue weighted by Crippen LogP contribution is -2.35. The number of carbonyl (C=O) groups is 1. The minimum absolute atomic E-state index is 0.0214. The van der Waals surface area contributed by atoms with Crippen molar-refractivity contribution in [3.05, 3.63) is 0 Å². The molecule has 0 aliphatic heterocycles. The summed E-state index contributed by atoms with van der Waals surface area (Å²) < 4.78 is 5.42. The van der Waals surface area contributed by atoms with E-state index >= 15 is 0 Å². The van der Waals surface area contributed by atoms with Crippen molar-refractivity contribution in [1.82, 2.24) is 5.32 Å². The van der Waals surface area contributed by atoms with E-state index in [2.05, 4.69) is 12.2 Å². The summed E-state index contributed by atoms with van der Waals surface area (Å²) in [4.78, 5) is 11.7. The van der Waals surface area contributed by atoms with Crippen molar-refractivity contribution in [3.8, 4) is 0 Å². The van der Waals surface area contributed by atoms with Crippen LogP contribution in [0.1, 0.15) is 46.5 Å². The molecule has 1 unspecified atom stereocenters. The summed E-state index contributed by atoms with van der Waals surface area (Å²) >= 11 is 0. The Kier molecular flexibility index (Phi) is 10.2. The van der Waals surface area contributed by atoms with Crippen LogP contribution in [0.25, 0.3) is 0 Å². The summed E-state index contributed by atoms with van der Waals surface area (Å²) in [6, 6.07) is 0. The fourth-order valence-corrected chi connectivity index (χ4v) is 1.61. The zero-order valence-electron chi connectivity index (χ0n) is 11.5. The summed E-state index contributed by atoms with van der Waals surface area (Å²) in [5.74, 6) is 0.0750. The standard InChI is InChI=1S/C13H28N2O2/c1-4-7-12(10-14)13(16)15-8-5-6-9-17-11(2)3/h11-12H,4-10,14H2,1-3H3,(H,15,16). The van der Waals surface area contributed by atoms with E-state index in [0.717, 1.165) is 38.8 Å². The van der Waals surface area contributed by atoms with Crippen LogP contribution in [0.15, 0.2) is 0 Å². The van der Waals surface area contributed by atoms with Crippen LogP contribution in [0.4, 0.5) is 0 Å². The average Bonchev–Trinajstić information content (AvgIpc) is 2.29. The molecule has 3 N–H and O–H groups in total. The Bertz CT molecular complexity index is 196. The maximum absolute atomic E-state index is 11.7. The van der Waals surface area contributed by atoms with Crippen molar-refractivity contribution in [3.63, 3.8) is 0 Å². The molecule has 0 spiro atoms. The molecule has 0 aromatic heterocycles. The van der Waals surface area contributed by atoms with Gasteiger partial charge in [-0.3, -0.25) is 4.79 Å². The Morgan fingerprint density at radius 3 is 2.59 bits per heavy atom. The van der Waals surface area contributed by atoms with Gasteiger partial charge in [0.1, 0.15) is 0 Å². The fourth-order valence-electron chi connectivity index (χ4n) is 1.61. The van der Waals surface area contributed by atoms with E-state index in [9.17, 15) is 4.79 Å². The number of unbranched alkanes of at least 4 members (excludes halogenated alkanes) is 1. The number of amides is 1. The minimum Gasteiger partial charge on any atom is -0.379 e. The second kappa shape index (κ2) is 10.5. The number of ether oxygens (including phenoxy) is 1. The number of hydrogen-bond donors (Lipinski definition) is 2. The highest BCUT2D eigenvalue weighted by molar-refractivity contribution is 5.78. The van der Waals surface area contributed by atoms with Gasteiger partial charge in [0, 0.05) is 19.7 Å². The van der Waals surface area contributed by atoms with E-state index in [-0.39, 0.29) is 17.9 Å². The molecule has 0 aliphatic carbocycles. The van der Waals surface area contributed by atoms with Crippen molar-refractivity contribution in [1.29, 1.82) is 0 Å². The van der Waals surface area contributed by atoms with Crippen LogP contribution in [0, 0.1) is 5.92 Å². The molecule has 0 bridgehead atoms. The van der Waals surface area contributed by atoms with E-state index < -0.39 is 0 Å². The van der Waals surface area contributed by atoms with Gasteiger partial charge in [0.05, 0.1) is 12.0 Å². The van der Waals surface area contributed by atoms with E-state index in [1.54, 1.807) is 0 Å². The number of nitrogens with one attached hydrogen (secondary N) is 1. The average molecular weight is 244 g/mol. The minimum atomic E-state index is -0.0214. The molecular formula is C13H28N2O2. The predicted molar refractivity (Wildman–Crippen MR) is 70.8 cm³/mol. The van der Waals surface area contributed by atoms with Crippen molar-refractivity contribution in [2.24, 2.45) is 11.7 Å². The van der Waals surface area contributed by atoms with Crippen LogP contribution in [-0.2, 0) is 9.53 Å². The van der Waals surface area contributed by atoms with E-state index in [0.29, 0.717) is 6.54 Å². The first-order valence-corrected chi connectivity index (χ1v) is 6.71. The SMILES string of the molecule is CCCC(CN)C(=O)NCCCCOC(C)C. The molecule has 0 fully saturated rings. The molecule has 0 saturated heterocycles. The van der Waals surface area contributed by atoms with Gasteiger partial charge in [-0.15, -0.1) is 0 Å². The van der Waals surface area contributed by atoms with E-state index in [1.807, 2.05) is 13.8 Å². The van der Waals surface area contributed by atoms with Crippen LogP contribution in [0.3, 0.4) is 0 Å². The molecule has 102 valence electrons. The Labute approximate surface area is 105 Å². The van der Waals surface area contributed by atoms with Gasteiger partial charge in [0.25, 0.3) is 0 Å². The first kappa shape index (κ1) is 16.4. The summed E-state index contributed by atoms with van der Waals surface area (Å²) in [6.07, 6.45) is 4.10. The summed E-state index contributed by atoms with van der Waals surface area (Å²) in [7, 11) is 0. The Morgan fingerprint density at radius 2 is 2.06 bits per heavy atom. The molecule has 1 amide bonds. The van der Waals surface area contributed by atoms with Crippen LogP contribution >= 0.6 is 0 Å². The molecule has 0 rings (SSSR count). The van der Waals surface area contributed by atoms with Gasteiger partial charge < -0.3 is 15.8 Å². The van der Waals surface area contributed by atoms with Crippen molar-refractivity contribution < 1.29 is 9.53 Å². The highest BCUT2D eigenvalue weighted by atomic mass is 16.5. The molecule has 17 heavy (non-hydrogen) atoms. The van der Waals surface area contributed by atoms with E-state index in [4.69, 9.17) is 10.5 Å². The Morgan fingerprint density at radius 1 is 1.35 bits per heavy atom. The molecule has 4 nitrogen and oxygen atoms in total. The van der Waals surface area contributed by atoms with Crippen LogP contribution in [0.5, 0.6) is 0 Å². The third kappa shape index (κ3) is 9.12. The maximum atomic E-state index is 11.7. The molecule has 0 radical (unpaired) electrons. The monoisotopic (exact) mass is 244 g/mol. The van der Waals surface area contributed by atoms with Crippen molar-refractivity contribution >= 4 is 5.91 Å². The Balaban J connectivity index is 3.49. The molecule has 0 aromatic carbocycles. The second-order valence-corrected chi connectivity index (χ2v) is 4.64. The van der Waals surface area contributed by atoms with Crippen molar-refractivity contribution in [2.75, 3.05) is 19.7 Å². The van der Waals surface area contributed by atoms with Crippen molar-refractivity contribution in [2.45, 2.75) is 52.6 Å². The number of carbonyl (C=O) groups excluding carboxylic acids is 1. The topological polar surface area (TPSA) is 64.4 Å². The Hall–Kier alpha value is -0.610. The first-order valence-electron chi connectivity index (χ1n) is 6.71. The van der Waals surface area contributed by atoms with Gasteiger partial charge in [0.2, 0.25) is 5.91 Å². The quantitative estimate of drug-likeness (QED) is 0.575. The highest BCUT2D eigenvalue weighted by Gasteiger charge is 2.14. The van der Waals surface area contributed by atoms with Gasteiger partial charge in [-0.05, 0) is 33.1 Å². The molecule has 0 saturated carbocycles. The summed E-state index contributed by atoms with van der Waals surface area (Å²) in [5, 5.41) is 2.93. The summed E-state index contributed by atoms with van der Waals surface area (Å²) in [5.41, 5.74) is 5.56. The highest BCUT2D eigenvalue weighted by Crippen LogP contribution is 2.04. The molecular weight excluding hydrogens is 216 g/mol. The lowest BCUT2D eigenvalue weighted by Gasteiger charge is -2.14. The molecule has 1 atom stereocenters. The van der Waals surface area contributed by atoms with Crippen LogP contribution in [0.2, 0.25) is 0 Å². The zero-order valence-corrected chi connectivity index (χ0v) is 11.5. The molecule has 0 aromatic rings. The smallest absolute Gasteiger partial charge is 0.224 e. The van der Waals surface area contributed by atoms with Gasteiger partial charge in [0.15, 0.2) is 0 Å².